The van der Waals surface area contributed by atoms with Gasteiger partial charge < -0.3 is 15.0 Å². The maximum absolute atomic E-state index is 13.2. The van der Waals surface area contributed by atoms with E-state index < -0.39 is 0 Å². The molecule has 1 fully saturated rings. The third-order valence-corrected chi connectivity index (χ3v) is 4.36. The minimum Gasteiger partial charge on any atom is -0.424 e. The van der Waals surface area contributed by atoms with Gasteiger partial charge in [0.25, 0.3) is 0 Å². The summed E-state index contributed by atoms with van der Waals surface area (Å²) in [5.74, 6) is -0.0491. The van der Waals surface area contributed by atoms with Crippen LogP contribution in [0.5, 0.6) is 11.8 Å². The highest BCUT2D eigenvalue weighted by atomic mass is 19.1. The van der Waals surface area contributed by atoms with Crippen LogP contribution < -0.4 is 10.1 Å². The SMILES string of the molecule is O=CC=CN1CC(Nc2cncc(-c3cnc(Oc4cccc(F)c4)nc3)c2)C1. The number of hydrogen-bond acceptors (Lipinski definition) is 7. The van der Waals surface area contributed by atoms with Crippen LogP contribution in [0.15, 0.2) is 67.4 Å². The second-order valence-electron chi connectivity index (χ2n) is 6.55. The number of halogens is 1. The van der Waals surface area contributed by atoms with Gasteiger partial charge in [-0.15, -0.1) is 0 Å². The Morgan fingerprint density at radius 2 is 1.93 bits per heavy atom. The number of aromatic nitrogens is 3. The lowest BCUT2D eigenvalue weighted by molar-refractivity contribution is -0.104. The molecule has 0 bridgehead atoms. The predicted molar refractivity (Wildman–Crippen MR) is 106 cm³/mol. The van der Waals surface area contributed by atoms with E-state index in [1.54, 1.807) is 43.1 Å². The Morgan fingerprint density at radius 1 is 1.10 bits per heavy atom. The molecular formula is C21H18FN5O2. The summed E-state index contributed by atoms with van der Waals surface area (Å²) in [7, 11) is 0. The Hall–Kier alpha value is -3.81. The molecule has 3 heterocycles. The molecule has 146 valence electrons. The molecule has 0 saturated carbocycles. The Balaban J connectivity index is 1.39. The summed E-state index contributed by atoms with van der Waals surface area (Å²) >= 11 is 0. The molecule has 3 aromatic rings. The molecule has 0 amide bonds. The smallest absolute Gasteiger partial charge is 0.321 e. The van der Waals surface area contributed by atoms with Crippen molar-refractivity contribution >= 4 is 12.0 Å². The van der Waals surface area contributed by atoms with Crippen LogP contribution in [-0.2, 0) is 4.79 Å². The van der Waals surface area contributed by atoms with Crippen LogP contribution >= 0.6 is 0 Å². The van der Waals surface area contributed by atoms with Crippen LogP contribution in [0.1, 0.15) is 0 Å². The lowest BCUT2D eigenvalue weighted by Gasteiger charge is -2.39. The molecule has 1 saturated heterocycles. The van der Waals surface area contributed by atoms with E-state index in [1.807, 2.05) is 6.07 Å². The van der Waals surface area contributed by atoms with Crippen molar-refractivity contribution in [1.29, 1.82) is 0 Å². The monoisotopic (exact) mass is 391 g/mol. The van der Waals surface area contributed by atoms with E-state index >= 15 is 0 Å². The Kier molecular flexibility index (Phi) is 5.42. The molecule has 0 atom stereocenters. The number of hydrogen-bond donors (Lipinski definition) is 1. The van der Waals surface area contributed by atoms with E-state index in [4.69, 9.17) is 4.74 Å². The number of aldehydes is 1. The highest BCUT2D eigenvalue weighted by Gasteiger charge is 2.23. The van der Waals surface area contributed by atoms with E-state index in [2.05, 4.69) is 25.2 Å². The number of likely N-dealkylation sites (tertiary alicyclic amines) is 1. The average Bonchev–Trinajstić information content (AvgIpc) is 2.70. The van der Waals surface area contributed by atoms with Gasteiger partial charge in [-0.3, -0.25) is 9.78 Å². The summed E-state index contributed by atoms with van der Waals surface area (Å²) < 4.78 is 18.7. The first-order chi connectivity index (χ1) is 14.2. The van der Waals surface area contributed by atoms with E-state index in [1.165, 1.54) is 18.2 Å². The number of allylic oxidation sites excluding steroid dienone is 1. The number of benzene rings is 1. The Morgan fingerprint density at radius 3 is 2.69 bits per heavy atom. The zero-order valence-corrected chi connectivity index (χ0v) is 15.4. The van der Waals surface area contributed by atoms with Gasteiger partial charge in [0, 0.05) is 61.3 Å². The molecule has 1 aromatic carbocycles. The first kappa shape index (κ1) is 18.5. The molecule has 4 rings (SSSR count). The van der Waals surface area contributed by atoms with Gasteiger partial charge in [0.1, 0.15) is 17.9 Å². The minimum absolute atomic E-state index is 0.138. The van der Waals surface area contributed by atoms with Gasteiger partial charge in [0.2, 0.25) is 0 Å². The molecule has 8 heteroatoms. The van der Waals surface area contributed by atoms with Gasteiger partial charge in [0.15, 0.2) is 0 Å². The molecule has 0 spiro atoms. The van der Waals surface area contributed by atoms with E-state index in [-0.39, 0.29) is 11.8 Å². The fourth-order valence-electron chi connectivity index (χ4n) is 2.95. The summed E-state index contributed by atoms with van der Waals surface area (Å²) in [6.45, 7) is 1.65. The molecule has 7 nitrogen and oxygen atoms in total. The molecule has 1 aliphatic heterocycles. The van der Waals surface area contributed by atoms with E-state index in [0.717, 1.165) is 36.2 Å². The van der Waals surface area contributed by atoms with E-state index in [9.17, 15) is 9.18 Å². The van der Waals surface area contributed by atoms with Crippen molar-refractivity contribution in [3.05, 3.63) is 73.2 Å². The normalized spacial score (nSPS) is 13.9. The number of nitrogens with zero attached hydrogens (tertiary/aromatic N) is 4. The van der Waals surface area contributed by atoms with Gasteiger partial charge >= 0.3 is 6.01 Å². The van der Waals surface area contributed by atoms with Gasteiger partial charge in [-0.25, -0.2) is 14.4 Å². The third kappa shape index (κ3) is 4.73. The molecule has 1 N–H and O–H groups in total. The van der Waals surface area contributed by atoms with Crippen LogP contribution in [0, 0.1) is 5.82 Å². The quantitative estimate of drug-likeness (QED) is 0.489. The number of pyridine rings is 1. The second-order valence-corrected chi connectivity index (χ2v) is 6.55. The van der Waals surface area contributed by atoms with Crippen molar-refractivity contribution in [2.45, 2.75) is 6.04 Å². The minimum atomic E-state index is -0.385. The largest absolute Gasteiger partial charge is 0.424 e. The van der Waals surface area contributed by atoms with Gasteiger partial charge in [-0.1, -0.05) is 6.07 Å². The standard InChI is InChI=1S/C21H18FN5O2/c22-17-3-1-4-20(8-17)29-21-24-10-16(11-25-21)15-7-18(12-23-9-15)26-19-13-27(14-19)5-2-6-28/h1-12,19,26H,13-14H2. The number of anilines is 1. The number of rotatable bonds is 7. The third-order valence-electron chi connectivity index (χ3n) is 4.36. The molecule has 0 radical (unpaired) electrons. The summed E-state index contributed by atoms with van der Waals surface area (Å²) in [5, 5.41) is 3.42. The summed E-state index contributed by atoms with van der Waals surface area (Å²) in [4.78, 5) is 25.1. The molecule has 1 aliphatic rings. The highest BCUT2D eigenvalue weighted by molar-refractivity contribution is 5.66. The van der Waals surface area contributed by atoms with Gasteiger partial charge in [-0.05, 0) is 24.3 Å². The average molecular weight is 391 g/mol. The maximum atomic E-state index is 13.2. The molecule has 29 heavy (non-hydrogen) atoms. The first-order valence-corrected chi connectivity index (χ1v) is 9.03. The number of nitrogens with one attached hydrogen (secondary N) is 1. The van der Waals surface area contributed by atoms with Crippen molar-refractivity contribution in [2.24, 2.45) is 0 Å². The topological polar surface area (TPSA) is 80.2 Å². The van der Waals surface area contributed by atoms with Crippen LogP contribution in [0.4, 0.5) is 10.1 Å². The van der Waals surface area contributed by atoms with Crippen molar-refractivity contribution in [1.82, 2.24) is 19.9 Å². The highest BCUT2D eigenvalue weighted by Crippen LogP contribution is 2.24. The van der Waals surface area contributed by atoms with Crippen molar-refractivity contribution in [2.75, 3.05) is 18.4 Å². The van der Waals surface area contributed by atoms with Gasteiger partial charge in [0.05, 0.1) is 11.7 Å². The maximum Gasteiger partial charge on any atom is 0.321 e. The fourth-order valence-corrected chi connectivity index (χ4v) is 2.95. The molecule has 2 aromatic heterocycles. The summed E-state index contributed by atoms with van der Waals surface area (Å²) in [6, 6.07) is 8.21. The molecule has 0 unspecified atom stereocenters. The Labute approximate surface area is 166 Å². The zero-order chi connectivity index (χ0) is 20.1. The molecule has 0 aliphatic carbocycles. The predicted octanol–water partition coefficient (Wildman–Crippen LogP) is 3.28. The summed E-state index contributed by atoms with van der Waals surface area (Å²) in [5.41, 5.74) is 2.55. The fraction of sp³-hybridized carbons (Fsp3) is 0.143. The van der Waals surface area contributed by atoms with E-state index in [0.29, 0.717) is 11.8 Å². The van der Waals surface area contributed by atoms with Crippen LogP contribution in [0.2, 0.25) is 0 Å². The number of carbonyl (C=O) groups is 1. The number of ether oxygens (including phenoxy) is 1. The van der Waals surface area contributed by atoms with Crippen molar-refractivity contribution < 1.29 is 13.9 Å². The van der Waals surface area contributed by atoms with Crippen molar-refractivity contribution in [3.63, 3.8) is 0 Å². The van der Waals surface area contributed by atoms with Crippen molar-refractivity contribution in [3.8, 4) is 22.9 Å². The van der Waals surface area contributed by atoms with Crippen LogP contribution in [0.3, 0.4) is 0 Å². The zero-order valence-electron chi connectivity index (χ0n) is 15.4. The van der Waals surface area contributed by atoms with Crippen LogP contribution in [-0.4, -0.2) is 45.3 Å². The molecular weight excluding hydrogens is 373 g/mol. The Bertz CT molecular complexity index is 1020. The summed E-state index contributed by atoms with van der Waals surface area (Å²) in [6.07, 6.45) is 10.8. The lowest BCUT2D eigenvalue weighted by atomic mass is 10.1. The lowest BCUT2D eigenvalue weighted by Crippen LogP contribution is -2.51. The second kappa shape index (κ2) is 8.47. The number of carbonyl (C=O) groups excluding carboxylic acids is 1. The van der Waals surface area contributed by atoms with Crippen LogP contribution in [0.25, 0.3) is 11.1 Å². The van der Waals surface area contributed by atoms with Gasteiger partial charge in [-0.2, -0.15) is 0 Å². The first-order valence-electron chi connectivity index (χ1n) is 9.03.